The summed E-state index contributed by atoms with van der Waals surface area (Å²) in [5, 5.41) is 10.7. The van der Waals surface area contributed by atoms with Crippen molar-refractivity contribution in [2.45, 2.75) is 32.3 Å². The third-order valence-electron chi connectivity index (χ3n) is 4.55. The second kappa shape index (κ2) is 8.22. The number of aromatic nitrogens is 2. The molecule has 0 unspecified atom stereocenters. The van der Waals surface area contributed by atoms with Gasteiger partial charge in [0.2, 0.25) is 5.88 Å². The number of ether oxygens (including phenoxy) is 2. The van der Waals surface area contributed by atoms with E-state index < -0.39 is 17.1 Å². The molecule has 0 saturated carbocycles. The summed E-state index contributed by atoms with van der Waals surface area (Å²) in [5.74, 6) is 0.185. The fourth-order valence-electron chi connectivity index (χ4n) is 3.12. The van der Waals surface area contributed by atoms with Crippen molar-refractivity contribution in [1.82, 2.24) is 9.55 Å². The Morgan fingerprint density at radius 1 is 1.37 bits per heavy atom. The molecule has 0 radical (unpaired) electrons. The standard InChI is InChI=1S/C19H23N3O5/c1-3-15(20-11-14-5-4-10-27-14)16-17(23)21-19(25)22(18(16)24)12-6-8-13(26-2)9-7-12/h6-9,14,24H,3-5,10-11H2,1-2H3,(H,21,23,25)/t14-/m0/s1. The number of aromatic hydroxyl groups is 1. The van der Waals surface area contributed by atoms with Gasteiger partial charge in [-0.25, -0.2) is 9.36 Å². The molecule has 2 heterocycles. The van der Waals surface area contributed by atoms with E-state index in [-0.39, 0.29) is 11.7 Å². The van der Waals surface area contributed by atoms with Gasteiger partial charge in [0.25, 0.3) is 5.56 Å². The van der Waals surface area contributed by atoms with Crippen molar-refractivity contribution >= 4 is 5.71 Å². The summed E-state index contributed by atoms with van der Waals surface area (Å²) in [6.45, 7) is 2.98. The molecule has 8 nitrogen and oxygen atoms in total. The van der Waals surface area contributed by atoms with Crippen LogP contribution in [0.15, 0.2) is 38.8 Å². The average Bonchev–Trinajstić information content (AvgIpc) is 3.18. The topological polar surface area (TPSA) is 106 Å². The quantitative estimate of drug-likeness (QED) is 0.749. The van der Waals surface area contributed by atoms with Gasteiger partial charge < -0.3 is 14.6 Å². The zero-order valence-electron chi connectivity index (χ0n) is 15.4. The number of nitrogens with one attached hydrogen (secondary N) is 1. The van der Waals surface area contributed by atoms with E-state index in [0.717, 1.165) is 24.0 Å². The molecule has 1 fully saturated rings. The van der Waals surface area contributed by atoms with Gasteiger partial charge in [-0.05, 0) is 43.5 Å². The van der Waals surface area contributed by atoms with Gasteiger partial charge in [0, 0.05) is 6.61 Å². The SMILES string of the molecule is CCC(=NC[C@@H]1CCCO1)c1c(O)n(-c2ccc(OC)cc2)c(=O)[nH]c1=O. The van der Waals surface area contributed by atoms with Crippen molar-refractivity contribution < 1.29 is 14.6 Å². The molecule has 2 aromatic rings. The lowest BCUT2D eigenvalue weighted by molar-refractivity contribution is 0.118. The fraction of sp³-hybridized carbons (Fsp3) is 0.421. The predicted molar refractivity (Wildman–Crippen MR) is 102 cm³/mol. The van der Waals surface area contributed by atoms with Crippen LogP contribution in [0.1, 0.15) is 31.7 Å². The predicted octanol–water partition coefficient (Wildman–Crippen LogP) is 1.62. The lowest BCUT2D eigenvalue weighted by atomic mass is 10.1. The number of methoxy groups -OCH3 is 1. The van der Waals surface area contributed by atoms with Gasteiger partial charge in [-0.3, -0.25) is 14.8 Å². The second-order valence-corrected chi connectivity index (χ2v) is 6.27. The number of aliphatic imine (C=N–C) groups is 1. The number of rotatable bonds is 6. The van der Waals surface area contributed by atoms with E-state index in [1.807, 2.05) is 6.92 Å². The number of aromatic amines is 1. The summed E-state index contributed by atoms with van der Waals surface area (Å²) in [5.41, 5.74) is -0.529. The minimum Gasteiger partial charge on any atom is -0.497 e. The number of H-pyrrole nitrogens is 1. The molecule has 0 amide bonds. The van der Waals surface area contributed by atoms with E-state index in [4.69, 9.17) is 9.47 Å². The lowest BCUT2D eigenvalue weighted by Gasteiger charge is -2.13. The molecule has 0 spiro atoms. The van der Waals surface area contributed by atoms with Gasteiger partial charge in [-0.15, -0.1) is 0 Å². The molecule has 1 saturated heterocycles. The Morgan fingerprint density at radius 2 is 2.11 bits per heavy atom. The zero-order chi connectivity index (χ0) is 19.4. The van der Waals surface area contributed by atoms with E-state index >= 15 is 0 Å². The average molecular weight is 373 g/mol. The molecule has 0 bridgehead atoms. The minimum atomic E-state index is -0.721. The van der Waals surface area contributed by atoms with Crippen LogP contribution in [-0.2, 0) is 4.74 Å². The number of hydrogen-bond donors (Lipinski definition) is 2. The number of benzene rings is 1. The van der Waals surface area contributed by atoms with Crippen LogP contribution in [0.2, 0.25) is 0 Å². The zero-order valence-corrected chi connectivity index (χ0v) is 15.4. The molecule has 27 heavy (non-hydrogen) atoms. The van der Waals surface area contributed by atoms with Crippen molar-refractivity contribution in [3.63, 3.8) is 0 Å². The Labute approximate surface area is 156 Å². The van der Waals surface area contributed by atoms with E-state index in [1.54, 1.807) is 24.3 Å². The molecule has 1 aromatic carbocycles. The van der Waals surface area contributed by atoms with Crippen molar-refractivity contribution in [3.05, 3.63) is 50.7 Å². The van der Waals surface area contributed by atoms with E-state index in [9.17, 15) is 14.7 Å². The van der Waals surface area contributed by atoms with Crippen LogP contribution in [0.4, 0.5) is 0 Å². The monoisotopic (exact) mass is 373 g/mol. The second-order valence-electron chi connectivity index (χ2n) is 6.27. The molecule has 1 aliphatic heterocycles. The fourth-order valence-corrected chi connectivity index (χ4v) is 3.12. The largest absolute Gasteiger partial charge is 0.497 e. The Balaban J connectivity index is 2.05. The Bertz CT molecular complexity index is 937. The highest BCUT2D eigenvalue weighted by Crippen LogP contribution is 2.21. The molecule has 144 valence electrons. The normalized spacial score (nSPS) is 17.3. The van der Waals surface area contributed by atoms with Crippen LogP contribution in [0, 0.1) is 0 Å². The molecular formula is C19H23N3O5. The number of hydrogen-bond acceptors (Lipinski definition) is 6. The van der Waals surface area contributed by atoms with Crippen LogP contribution >= 0.6 is 0 Å². The van der Waals surface area contributed by atoms with E-state index in [0.29, 0.717) is 30.1 Å². The molecule has 1 atom stereocenters. The van der Waals surface area contributed by atoms with Crippen molar-refractivity contribution in [2.24, 2.45) is 4.99 Å². The van der Waals surface area contributed by atoms with Gasteiger partial charge >= 0.3 is 5.69 Å². The van der Waals surface area contributed by atoms with Crippen LogP contribution in [0.5, 0.6) is 11.6 Å². The molecule has 2 N–H and O–H groups in total. The summed E-state index contributed by atoms with van der Waals surface area (Å²) in [6, 6.07) is 6.57. The third kappa shape index (κ3) is 3.95. The highest BCUT2D eigenvalue weighted by Gasteiger charge is 2.21. The van der Waals surface area contributed by atoms with Crippen molar-refractivity contribution in [1.29, 1.82) is 0 Å². The maximum absolute atomic E-state index is 12.4. The highest BCUT2D eigenvalue weighted by atomic mass is 16.5. The first-order chi connectivity index (χ1) is 13.0. The summed E-state index contributed by atoms with van der Waals surface area (Å²) in [4.78, 5) is 31.4. The third-order valence-corrected chi connectivity index (χ3v) is 4.55. The van der Waals surface area contributed by atoms with Crippen molar-refractivity contribution in [3.8, 4) is 17.3 Å². The minimum absolute atomic E-state index is 0.00548. The molecule has 0 aliphatic carbocycles. The summed E-state index contributed by atoms with van der Waals surface area (Å²) in [7, 11) is 1.54. The highest BCUT2D eigenvalue weighted by molar-refractivity contribution is 6.02. The van der Waals surface area contributed by atoms with E-state index in [1.165, 1.54) is 7.11 Å². The van der Waals surface area contributed by atoms with E-state index in [2.05, 4.69) is 9.98 Å². The van der Waals surface area contributed by atoms with Crippen LogP contribution in [0.3, 0.4) is 0 Å². The maximum Gasteiger partial charge on any atom is 0.335 e. The summed E-state index contributed by atoms with van der Waals surface area (Å²) in [6.07, 6.45) is 2.38. The first kappa shape index (κ1) is 18.9. The number of nitrogens with zero attached hydrogens (tertiary/aromatic N) is 2. The molecule has 1 aromatic heterocycles. The Hall–Kier alpha value is -2.87. The Kier molecular flexibility index (Phi) is 5.75. The molecule has 1 aliphatic rings. The van der Waals surface area contributed by atoms with Gasteiger partial charge in [0.1, 0.15) is 11.3 Å². The Morgan fingerprint density at radius 3 is 2.70 bits per heavy atom. The smallest absolute Gasteiger partial charge is 0.335 e. The first-order valence-corrected chi connectivity index (χ1v) is 8.93. The van der Waals surface area contributed by atoms with Crippen LogP contribution in [-0.4, -0.2) is 46.7 Å². The van der Waals surface area contributed by atoms with Gasteiger partial charge in [-0.2, -0.15) is 0 Å². The van der Waals surface area contributed by atoms with Crippen LogP contribution < -0.4 is 16.0 Å². The van der Waals surface area contributed by atoms with Gasteiger partial charge in [0.15, 0.2) is 0 Å². The maximum atomic E-state index is 12.4. The molecule has 8 heteroatoms. The summed E-state index contributed by atoms with van der Waals surface area (Å²) < 4.78 is 11.7. The van der Waals surface area contributed by atoms with Gasteiger partial charge in [0.05, 0.1) is 31.2 Å². The molecular weight excluding hydrogens is 350 g/mol. The van der Waals surface area contributed by atoms with Crippen molar-refractivity contribution in [2.75, 3.05) is 20.3 Å². The summed E-state index contributed by atoms with van der Waals surface area (Å²) >= 11 is 0. The lowest BCUT2D eigenvalue weighted by Crippen LogP contribution is -2.33. The molecule has 3 rings (SSSR count). The first-order valence-electron chi connectivity index (χ1n) is 8.93. The van der Waals surface area contributed by atoms with Crippen LogP contribution in [0.25, 0.3) is 5.69 Å². The van der Waals surface area contributed by atoms with Gasteiger partial charge in [-0.1, -0.05) is 6.92 Å².